The third-order valence-corrected chi connectivity index (χ3v) is 4.62. The highest BCUT2D eigenvalue weighted by Gasteiger charge is 2.15. The normalized spacial score (nSPS) is 11.1. The number of amides is 2. The Hall–Kier alpha value is -2.77. The number of primary amides is 1. The van der Waals surface area contributed by atoms with Crippen molar-refractivity contribution in [2.24, 2.45) is 5.73 Å². The van der Waals surface area contributed by atoms with Gasteiger partial charge in [0.1, 0.15) is 0 Å². The summed E-state index contributed by atoms with van der Waals surface area (Å²) in [5.74, 6) is -1.26. The van der Waals surface area contributed by atoms with E-state index < -0.39 is 10.8 Å². The van der Waals surface area contributed by atoms with Crippen LogP contribution >= 0.6 is 0 Å². The van der Waals surface area contributed by atoms with Gasteiger partial charge in [-0.2, -0.15) is 0 Å². The number of hydrogen-bond donors (Lipinski definition) is 3. The molecular formula is C23H41N5O12. The number of nitrogens with one attached hydrogen (secondary N) is 2. The number of rotatable bonds is 29. The number of hydrogen-bond acceptors (Lipinski definition) is 13. The van der Waals surface area contributed by atoms with Crippen LogP contribution < -0.4 is 11.1 Å². The van der Waals surface area contributed by atoms with E-state index >= 15 is 0 Å². The van der Waals surface area contributed by atoms with Crippen LogP contribution in [0.15, 0.2) is 6.07 Å². The van der Waals surface area contributed by atoms with Crippen molar-refractivity contribution in [3.63, 3.8) is 0 Å². The molecule has 1 heterocycles. The maximum atomic E-state index is 11.8. The number of ether oxygens (including phenoxy) is 8. The van der Waals surface area contributed by atoms with E-state index in [-0.39, 0.29) is 37.0 Å². The lowest BCUT2D eigenvalue weighted by Crippen LogP contribution is -2.28. The maximum Gasteiger partial charge on any atom is 0.343 e. The highest BCUT2D eigenvalue weighted by molar-refractivity contribution is 5.92. The minimum absolute atomic E-state index is 0.0615. The van der Waals surface area contributed by atoms with Crippen LogP contribution in [-0.2, 0) is 42.7 Å². The fraction of sp³-hybridized carbons (Fsp3) is 0.783. The number of aromatic nitrogens is 2. The van der Waals surface area contributed by atoms with Crippen molar-refractivity contribution in [3.8, 4) is 0 Å². The van der Waals surface area contributed by atoms with Crippen LogP contribution in [0.3, 0.4) is 0 Å². The van der Waals surface area contributed by atoms with Crippen LogP contribution in [-0.4, -0.2) is 139 Å². The summed E-state index contributed by atoms with van der Waals surface area (Å²) in [6.45, 7) is 6.85. The first-order chi connectivity index (χ1) is 19.5. The zero-order chi connectivity index (χ0) is 29.1. The zero-order valence-electron chi connectivity index (χ0n) is 22.7. The van der Waals surface area contributed by atoms with Gasteiger partial charge in [0.15, 0.2) is 5.69 Å². The molecule has 0 aromatic carbocycles. The Morgan fingerprint density at radius 3 is 1.45 bits per heavy atom. The summed E-state index contributed by atoms with van der Waals surface area (Å²) in [4.78, 5) is 32.2. The van der Waals surface area contributed by atoms with E-state index in [0.29, 0.717) is 99.1 Å². The molecule has 0 atom stereocenters. The van der Waals surface area contributed by atoms with Crippen molar-refractivity contribution >= 4 is 17.6 Å². The molecule has 0 fully saturated rings. The van der Waals surface area contributed by atoms with E-state index in [1.54, 1.807) is 0 Å². The van der Waals surface area contributed by atoms with Crippen LogP contribution in [0, 0.1) is 10.1 Å². The topological polar surface area (TPSA) is 218 Å². The SMILES string of the molecule is NC(=O)CCOCCOCCOCCOCCOCCOCCOCCOCCNC(=O)c1cc([N+](=O)[O-])[nH]n1. The molecule has 0 saturated heterocycles. The van der Waals surface area contributed by atoms with Gasteiger partial charge in [0.2, 0.25) is 5.91 Å². The molecule has 1 aromatic rings. The molecule has 0 unspecified atom stereocenters. The molecular weight excluding hydrogens is 538 g/mol. The van der Waals surface area contributed by atoms with Crippen molar-refractivity contribution in [2.75, 3.05) is 112 Å². The summed E-state index contributed by atoms with van der Waals surface area (Å²) >= 11 is 0. The molecule has 4 N–H and O–H groups in total. The Morgan fingerprint density at radius 1 is 0.725 bits per heavy atom. The summed E-state index contributed by atoms with van der Waals surface area (Å²) in [5, 5.41) is 18.9. The first-order valence-electron chi connectivity index (χ1n) is 12.9. The van der Waals surface area contributed by atoms with Crippen molar-refractivity contribution in [3.05, 3.63) is 21.9 Å². The van der Waals surface area contributed by atoms with Crippen molar-refractivity contribution < 1.29 is 52.4 Å². The first kappa shape index (κ1) is 35.3. The molecule has 0 aliphatic rings. The highest BCUT2D eigenvalue weighted by Crippen LogP contribution is 2.07. The number of nitrogens with two attached hydrogens (primary N) is 1. The fourth-order valence-corrected chi connectivity index (χ4v) is 2.66. The van der Waals surface area contributed by atoms with Gasteiger partial charge < -0.3 is 59.1 Å². The summed E-state index contributed by atoms with van der Waals surface area (Å²) in [6, 6.07) is 1.06. The van der Waals surface area contributed by atoms with E-state index in [1.807, 2.05) is 0 Å². The summed E-state index contributed by atoms with van der Waals surface area (Å²) < 4.78 is 42.8. The Morgan fingerprint density at radius 2 is 1.10 bits per heavy atom. The molecule has 17 heteroatoms. The van der Waals surface area contributed by atoms with Gasteiger partial charge in [0, 0.05) is 13.0 Å². The monoisotopic (exact) mass is 579 g/mol. The van der Waals surface area contributed by atoms with E-state index in [1.165, 1.54) is 0 Å². The van der Waals surface area contributed by atoms with E-state index in [2.05, 4.69) is 15.5 Å². The lowest BCUT2D eigenvalue weighted by Gasteiger charge is -2.08. The second-order valence-electron chi connectivity index (χ2n) is 7.77. The fourth-order valence-electron chi connectivity index (χ4n) is 2.66. The number of aromatic amines is 1. The number of carbonyl (C=O) groups excluding carboxylic acids is 2. The second-order valence-corrected chi connectivity index (χ2v) is 7.77. The standard InChI is InChI=1S/C23H41N5O12/c24-21(29)1-3-33-5-7-35-9-11-37-13-15-39-17-18-40-16-14-38-12-10-36-8-6-34-4-2-25-23(30)20-19-22(27-26-20)28(31)32/h19H,1-18H2,(H2,24,29)(H,25,30)(H,26,27). The smallest absolute Gasteiger partial charge is 0.343 e. The molecule has 1 rings (SSSR count). The van der Waals surface area contributed by atoms with Gasteiger partial charge >= 0.3 is 5.82 Å². The van der Waals surface area contributed by atoms with Gasteiger partial charge in [-0.1, -0.05) is 5.10 Å². The molecule has 230 valence electrons. The number of H-pyrrole nitrogens is 1. The van der Waals surface area contributed by atoms with Gasteiger partial charge in [-0.3, -0.25) is 9.59 Å². The van der Waals surface area contributed by atoms with Crippen LogP contribution in [0.2, 0.25) is 0 Å². The minimum atomic E-state index is -0.664. The van der Waals surface area contributed by atoms with Gasteiger partial charge in [-0.05, 0) is 4.92 Å². The Balaban J connectivity index is 1.70. The summed E-state index contributed by atoms with van der Waals surface area (Å²) in [5.41, 5.74) is 4.94. The highest BCUT2D eigenvalue weighted by atomic mass is 16.6. The molecule has 0 aliphatic carbocycles. The number of nitro groups is 1. The van der Waals surface area contributed by atoms with Crippen LogP contribution in [0.4, 0.5) is 5.82 Å². The van der Waals surface area contributed by atoms with Crippen molar-refractivity contribution in [1.29, 1.82) is 0 Å². The Bertz CT molecular complexity index is 798. The lowest BCUT2D eigenvalue weighted by molar-refractivity contribution is -0.389. The molecule has 0 spiro atoms. The number of carbonyl (C=O) groups is 2. The molecule has 0 bridgehead atoms. The van der Waals surface area contributed by atoms with Crippen LogP contribution in [0.25, 0.3) is 0 Å². The zero-order valence-corrected chi connectivity index (χ0v) is 22.7. The second kappa shape index (κ2) is 25.2. The lowest BCUT2D eigenvalue weighted by atomic mass is 10.4. The van der Waals surface area contributed by atoms with Gasteiger partial charge in [0.25, 0.3) is 5.91 Å². The van der Waals surface area contributed by atoms with E-state index in [0.717, 1.165) is 6.07 Å². The molecule has 17 nitrogen and oxygen atoms in total. The molecule has 1 aromatic heterocycles. The van der Waals surface area contributed by atoms with E-state index in [9.17, 15) is 19.7 Å². The van der Waals surface area contributed by atoms with Crippen LogP contribution in [0.5, 0.6) is 0 Å². The maximum absolute atomic E-state index is 11.8. The van der Waals surface area contributed by atoms with Gasteiger partial charge in [-0.25, -0.2) is 0 Å². The third kappa shape index (κ3) is 21.1. The van der Waals surface area contributed by atoms with Crippen LogP contribution in [0.1, 0.15) is 16.9 Å². The largest absolute Gasteiger partial charge is 0.379 e. The average Bonchev–Trinajstić information content (AvgIpc) is 3.43. The van der Waals surface area contributed by atoms with Crippen molar-refractivity contribution in [2.45, 2.75) is 6.42 Å². The quantitative estimate of drug-likeness (QED) is 0.0593. The molecule has 2 amide bonds. The first-order valence-corrected chi connectivity index (χ1v) is 12.9. The van der Waals surface area contributed by atoms with Crippen molar-refractivity contribution in [1.82, 2.24) is 15.5 Å². The Kier molecular flexibility index (Phi) is 22.2. The van der Waals surface area contributed by atoms with Gasteiger partial charge in [-0.15, -0.1) is 5.10 Å². The Labute approximate surface area is 232 Å². The molecule has 0 aliphatic heterocycles. The summed E-state index contributed by atoms with van der Waals surface area (Å²) in [6.07, 6.45) is 0.208. The van der Waals surface area contributed by atoms with E-state index in [4.69, 9.17) is 43.6 Å². The minimum Gasteiger partial charge on any atom is -0.379 e. The predicted molar refractivity (Wildman–Crippen MR) is 138 cm³/mol. The predicted octanol–water partition coefficient (Wildman–Crippen LogP) is -0.944. The molecule has 40 heavy (non-hydrogen) atoms. The summed E-state index contributed by atoms with van der Waals surface area (Å²) in [7, 11) is 0. The molecule has 0 saturated carbocycles. The molecule has 0 radical (unpaired) electrons. The third-order valence-electron chi connectivity index (χ3n) is 4.62. The number of nitrogens with zero attached hydrogens (tertiary/aromatic N) is 2. The van der Waals surface area contributed by atoms with Gasteiger partial charge in [0.05, 0.1) is 112 Å². The average molecular weight is 580 g/mol.